The van der Waals surface area contributed by atoms with E-state index in [1.807, 2.05) is 18.2 Å². The number of aromatic nitrogens is 1. The number of rotatable bonds is 3. The van der Waals surface area contributed by atoms with Gasteiger partial charge >= 0.3 is 5.97 Å². The van der Waals surface area contributed by atoms with E-state index in [0.29, 0.717) is 12.0 Å². The van der Waals surface area contributed by atoms with E-state index >= 15 is 0 Å². The number of para-hydroxylation sites is 1. The lowest BCUT2D eigenvalue weighted by molar-refractivity contribution is -0.142. The fraction of sp³-hybridized carbons (Fsp3) is 0.333. The monoisotopic (exact) mass is 272 g/mol. The molecule has 1 aliphatic carbocycles. The van der Waals surface area contributed by atoms with E-state index < -0.39 is 11.9 Å². The maximum atomic E-state index is 12.4. The molecule has 1 saturated carbocycles. The molecule has 0 spiro atoms. The highest BCUT2D eigenvalue weighted by molar-refractivity contribution is 6.05. The SMILES string of the molecule is O=C(NC1CCCC1C(=O)O)c1cccc2cc[nH]c12. The Balaban J connectivity index is 1.83. The standard InChI is InChI=1S/C15H16N2O3/c18-14(17-12-6-2-4-10(12)15(19)20)11-5-1-3-9-7-8-16-13(9)11/h1,3,5,7-8,10,12,16H,2,4,6H2,(H,17,18)(H,19,20). The molecule has 1 amide bonds. The van der Waals surface area contributed by atoms with E-state index in [9.17, 15) is 9.59 Å². The molecule has 1 aromatic heterocycles. The number of hydrogen-bond acceptors (Lipinski definition) is 2. The van der Waals surface area contributed by atoms with Crippen molar-refractivity contribution in [1.82, 2.24) is 10.3 Å². The molecule has 2 aromatic rings. The van der Waals surface area contributed by atoms with Crippen LogP contribution in [0.5, 0.6) is 0 Å². The van der Waals surface area contributed by atoms with Gasteiger partial charge in [-0.05, 0) is 25.0 Å². The van der Waals surface area contributed by atoms with Crippen molar-refractivity contribution in [2.45, 2.75) is 25.3 Å². The summed E-state index contributed by atoms with van der Waals surface area (Å²) in [5, 5.41) is 13.0. The molecule has 3 rings (SSSR count). The number of carboxylic acids is 1. The Labute approximate surface area is 116 Å². The molecule has 0 bridgehead atoms. The fourth-order valence-electron chi connectivity index (χ4n) is 2.95. The average molecular weight is 272 g/mol. The maximum absolute atomic E-state index is 12.4. The van der Waals surface area contributed by atoms with Crippen LogP contribution in [0.2, 0.25) is 0 Å². The number of benzene rings is 1. The number of carbonyl (C=O) groups excluding carboxylic acids is 1. The minimum Gasteiger partial charge on any atom is -0.481 e. The molecule has 20 heavy (non-hydrogen) atoms. The van der Waals surface area contributed by atoms with Crippen LogP contribution in [0, 0.1) is 5.92 Å². The van der Waals surface area contributed by atoms with Gasteiger partial charge in [0, 0.05) is 17.6 Å². The quantitative estimate of drug-likeness (QED) is 0.800. The van der Waals surface area contributed by atoms with Crippen molar-refractivity contribution in [1.29, 1.82) is 0 Å². The Morgan fingerprint density at radius 1 is 1.25 bits per heavy atom. The van der Waals surface area contributed by atoms with E-state index in [2.05, 4.69) is 10.3 Å². The maximum Gasteiger partial charge on any atom is 0.308 e. The van der Waals surface area contributed by atoms with Gasteiger partial charge < -0.3 is 15.4 Å². The van der Waals surface area contributed by atoms with Crippen LogP contribution < -0.4 is 5.32 Å². The number of fused-ring (bicyclic) bond motifs is 1. The number of carbonyl (C=O) groups is 2. The summed E-state index contributed by atoms with van der Waals surface area (Å²) in [7, 11) is 0. The molecule has 104 valence electrons. The molecule has 2 atom stereocenters. The number of carboxylic acid groups (broad SMARTS) is 1. The number of amides is 1. The van der Waals surface area contributed by atoms with E-state index in [1.54, 1.807) is 12.3 Å². The van der Waals surface area contributed by atoms with Crippen LogP contribution in [0.15, 0.2) is 30.5 Å². The molecule has 2 unspecified atom stereocenters. The first-order chi connectivity index (χ1) is 9.66. The van der Waals surface area contributed by atoms with Crippen LogP contribution >= 0.6 is 0 Å². The van der Waals surface area contributed by atoms with Crippen molar-refractivity contribution < 1.29 is 14.7 Å². The predicted octanol–water partition coefficient (Wildman–Crippen LogP) is 2.15. The second-order valence-electron chi connectivity index (χ2n) is 5.20. The van der Waals surface area contributed by atoms with Crippen LogP contribution in [-0.4, -0.2) is 28.0 Å². The molecule has 1 aromatic carbocycles. The molecule has 0 aliphatic heterocycles. The summed E-state index contributed by atoms with van der Waals surface area (Å²) >= 11 is 0. The van der Waals surface area contributed by atoms with Gasteiger partial charge in [-0.15, -0.1) is 0 Å². The highest BCUT2D eigenvalue weighted by Crippen LogP contribution is 2.26. The third-order valence-corrected chi connectivity index (χ3v) is 3.98. The minimum atomic E-state index is -0.828. The van der Waals surface area contributed by atoms with Gasteiger partial charge in [-0.1, -0.05) is 18.6 Å². The second kappa shape index (κ2) is 5.00. The Morgan fingerprint density at radius 2 is 2.10 bits per heavy atom. The van der Waals surface area contributed by atoms with Crippen LogP contribution in [0.25, 0.3) is 10.9 Å². The van der Waals surface area contributed by atoms with Gasteiger partial charge in [0.2, 0.25) is 0 Å². The van der Waals surface area contributed by atoms with Crippen molar-refractivity contribution in [2.75, 3.05) is 0 Å². The zero-order chi connectivity index (χ0) is 14.1. The first-order valence-corrected chi connectivity index (χ1v) is 6.76. The molecule has 1 fully saturated rings. The Morgan fingerprint density at radius 3 is 2.90 bits per heavy atom. The van der Waals surface area contributed by atoms with Crippen molar-refractivity contribution in [3.8, 4) is 0 Å². The zero-order valence-electron chi connectivity index (χ0n) is 10.9. The van der Waals surface area contributed by atoms with Crippen LogP contribution in [0.4, 0.5) is 0 Å². The number of aromatic amines is 1. The summed E-state index contributed by atoms with van der Waals surface area (Å²) < 4.78 is 0. The Bertz CT molecular complexity index is 662. The van der Waals surface area contributed by atoms with Gasteiger partial charge in [0.25, 0.3) is 5.91 Å². The Kier molecular flexibility index (Phi) is 3.18. The summed E-state index contributed by atoms with van der Waals surface area (Å²) in [6, 6.07) is 7.14. The first kappa shape index (κ1) is 12.7. The van der Waals surface area contributed by atoms with Crippen molar-refractivity contribution in [3.05, 3.63) is 36.0 Å². The number of aliphatic carboxylic acids is 1. The topological polar surface area (TPSA) is 82.2 Å². The van der Waals surface area contributed by atoms with E-state index in [4.69, 9.17) is 5.11 Å². The first-order valence-electron chi connectivity index (χ1n) is 6.76. The predicted molar refractivity (Wildman–Crippen MR) is 74.5 cm³/mol. The van der Waals surface area contributed by atoms with Gasteiger partial charge in [-0.3, -0.25) is 9.59 Å². The van der Waals surface area contributed by atoms with Crippen LogP contribution in [0.3, 0.4) is 0 Å². The van der Waals surface area contributed by atoms with Crippen molar-refractivity contribution in [3.63, 3.8) is 0 Å². The lowest BCUT2D eigenvalue weighted by Crippen LogP contribution is -2.40. The molecule has 1 aliphatic rings. The average Bonchev–Trinajstić information content (AvgIpc) is 3.05. The smallest absolute Gasteiger partial charge is 0.308 e. The lowest BCUT2D eigenvalue weighted by Gasteiger charge is -2.17. The second-order valence-corrected chi connectivity index (χ2v) is 5.20. The van der Waals surface area contributed by atoms with E-state index in [-0.39, 0.29) is 11.9 Å². The molecule has 5 heteroatoms. The number of H-pyrrole nitrogens is 1. The summed E-state index contributed by atoms with van der Waals surface area (Å²) in [5.41, 5.74) is 1.35. The molecule has 0 radical (unpaired) electrons. The van der Waals surface area contributed by atoms with Crippen LogP contribution in [0.1, 0.15) is 29.6 Å². The number of hydrogen-bond donors (Lipinski definition) is 3. The molecule has 5 nitrogen and oxygen atoms in total. The van der Waals surface area contributed by atoms with Gasteiger partial charge in [-0.2, -0.15) is 0 Å². The lowest BCUT2D eigenvalue weighted by atomic mass is 10.0. The fourth-order valence-corrected chi connectivity index (χ4v) is 2.95. The van der Waals surface area contributed by atoms with Gasteiger partial charge in [-0.25, -0.2) is 0 Å². The molecule has 1 heterocycles. The van der Waals surface area contributed by atoms with Gasteiger partial charge in [0.15, 0.2) is 0 Å². The molecule has 3 N–H and O–H groups in total. The summed E-state index contributed by atoms with van der Waals surface area (Å²) in [4.78, 5) is 26.6. The van der Waals surface area contributed by atoms with Crippen molar-refractivity contribution >= 4 is 22.8 Å². The highest BCUT2D eigenvalue weighted by atomic mass is 16.4. The molecular formula is C15H16N2O3. The van der Waals surface area contributed by atoms with E-state index in [0.717, 1.165) is 23.7 Å². The third kappa shape index (κ3) is 2.15. The molecule has 0 saturated heterocycles. The zero-order valence-corrected chi connectivity index (χ0v) is 10.9. The van der Waals surface area contributed by atoms with Gasteiger partial charge in [0.05, 0.1) is 17.0 Å². The highest BCUT2D eigenvalue weighted by Gasteiger charge is 2.34. The minimum absolute atomic E-state index is 0.212. The summed E-state index contributed by atoms with van der Waals surface area (Å²) in [6.07, 6.45) is 3.99. The van der Waals surface area contributed by atoms with Gasteiger partial charge in [0.1, 0.15) is 0 Å². The van der Waals surface area contributed by atoms with Crippen molar-refractivity contribution in [2.24, 2.45) is 5.92 Å². The normalized spacial score (nSPS) is 22.0. The Hall–Kier alpha value is -2.30. The summed E-state index contributed by atoms with van der Waals surface area (Å²) in [5.74, 6) is -1.51. The third-order valence-electron chi connectivity index (χ3n) is 3.98. The molecular weight excluding hydrogens is 256 g/mol. The summed E-state index contributed by atoms with van der Waals surface area (Å²) in [6.45, 7) is 0. The van der Waals surface area contributed by atoms with E-state index in [1.165, 1.54) is 0 Å². The number of nitrogens with one attached hydrogen (secondary N) is 2. The van der Waals surface area contributed by atoms with Crippen LogP contribution in [-0.2, 0) is 4.79 Å². The largest absolute Gasteiger partial charge is 0.481 e.